The van der Waals surface area contributed by atoms with Crippen molar-refractivity contribution in [1.29, 1.82) is 0 Å². The Bertz CT molecular complexity index is 4960. The highest BCUT2D eigenvalue weighted by molar-refractivity contribution is 6.22. The van der Waals surface area contributed by atoms with Crippen LogP contribution >= 0.6 is 0 Å². The van der Waals surface area contributed by atoms with E-state index in [9.17, 15) is 73.2 Å². The molecular weight excluding hydrogens is 1510 g/mol. The van der Waals surface area contributed by atoms with Crippen molar-refractivity contribution >= 4 is 110 Å². The first kappa shape index (κ1) is 85.9. The molecule has 616 valence electrons. The number of aromatic hydroxyl groups is 2. The van der Waals surface area contributed by atoms with Crippen LogP contribution in [0.3, 0.4) is 0 Å². The largest absolute Gasteiger partial charge is 0.507 e. The van der Waals surface area contributed by atoms with Gasteiger partial charge in [0.15, 0.2) is 11.3 Å². The molecule has 10 amide bonds. The van der Waals surface area contributed by atoms with Crippen molar-refractivity contribution in [2.24, 2.45) is 23.7 Å². The topological polar surface area (TPSA) is 478 Å². The Labute approximate surface area is 666 Å². The van der Waals surface area contributed by atoms with Gasteiger partial charge in [0, 0.05) is 135 Å². The molecule has 0 unspecified atom stereocenters. The maximum Gasteiger partial charge on any atom is 0.407 e. The molecule has 4 aromatic rings. The molecule has 1 fully saturated rings. The second kappa shape index (κ2) is 37.2. The number of phenolic OH excluding ortho intramolecular Hbond substituents is 2. The maximum absolute atomic E-state index is 15.2. The molecule has 12 atom stereocenters. The van der Waals surface area contributed by atoms with Gasteiger partial charge in [-0.2, -0.15) is 0 Å². The summed E-state index contributed by atoms with van der Waals surface area (Å²) in [5.41, 5.74) is -0.130. The molecule has 12 N–H and O–H groups in total. The molecular formula is C82H95N11O23. The highest BCUT2D eigenvalue weighted by Gasteiger charge is 2.50. The van der Waals surface area contributed by atoms with Crippen molar-refractivity contribution in [3.05, 3.63) is 147 Å². The fourth-order valence-electron chi connectivity index (χ4n) is 14.1. The smallest absolute Gasteiger partial charge is 0.407 e. The molecule has 0 spiro atoms. The first-order valence-electron chi connectivity index (χ1n) is 37.8. The van der Waals surface area contributed by atoms with Gasteiger partial charge in [-0.3, -0.25) is 62.4 Å². The molecule has 116 heavy (non-hydrogen) atoms. The van der Waals surface area contributed by atoms with Gasteiger partial charge in [-0.15, -0.1) is 0 Å². The molecule has 0 saturated carbocycles. The summed E-state index contributed by atoms with van der Waals surface area (Å²) in [4.78, 5) is 179. The number of rotatable bonds is 22. The number of methoxy groups -OCH3 is 1. The maximum atomic E-state index is 15.2. The molecule has 6 aliphatic rings. The predicted octanol–water partition coefficient (Wildman–Crippen LogP) is 4.77. The van der Waals surface area contributed by atoms with E-state index in [4.69, 9.17) is 33.1 Å². The van der Waals surface area contributed by atoms with E-state index in [-0.39, 0.29) is 82.4 Å². The number of alkyl carbamates (subject to hydrolysis) is 1. The van der Waals surface area contributed by atoms with Crippen LogP contribution in [0.5, 0.6) is 17.2 Å². The van der Waals surface area contributed by atoms with Crippen LogP contribution in [-0.2, 0) is 79.9 Å². The number of amides is 10. The van der Waals surface area contributed by atoms with Crippen molar-refractivity contribution in [1.82, 2.24) is 41.8 Å². The number of carbonyl (C=O) groups is 12. The van der Waals surface area contributed by atoms with E-state index >= 15 is 9.59 Å². The second-order valence-electron chi connectivity index (χ2n) is 29.4. The summed E-state index contributed by atoms with van der Waals surface area (Å²) < 4.78 is 36.2. The van der Waals surface area contributed by atoms with Crippen molar-refractivity contribution in [2.75, 3.05) is 55.4 Å². The van der Waals surface area contributed by atoms with E-state index in [0.29, 0.717) is 48.4 Å². The zero-order valence-corrected chi connectivity index (χ0v) is 65.8. The Kier molecular flexibility index (Phi) is 27.5. The molecule has 0 radical (unpaired) electrons. The predicted molar refractivity (Wildman–Crippen MR) is 420 cm³/mol. The Hall–Kier alpha value is -12.6. The van der Waals surface area contributed by atoms with Gasteiger partial charge in [0.2, 0.25) is 40.9 Å². The minimum atomic E-state index is -2.18. The third kappa shape index (κ3) is 20.0. The van der Waals surface area contributed by atoms with Crippen LogP contribution < -0.4 is 57.6 Å². The second-order valence-corrected chi connectivity index (χ2v) is 29.4. The van der Waals surface area contributed by atoms with E-state index in [1.807, 2.05) is 4.90 Å². The highest BCUT2D eigenvalue weighted by Crippen LogP contribution is 2.51. The van der Waals surface area contributed by atoms with Crippen LogP contribution in [0.25, 0.3) is 33.3 Å². The molecule has 34 heteroatoms. The third-order valence-electron chi connectivity index (χ3n) is 21.0. The van der Waals surface area contributed by atoms with Crippen molar-refractivity contribution in [3.63, 3.8) is 0 Å². The van der Waals surface area contributed by atoms with E-state index in [2.05, 4.69) is 42.5 Å². The summed E-state index contributed by atoms with van der Waals surface area (Å²) in [6.07, 6.45) is 4.98. The standard InChI is InChI=1S/C82H95N11O23/c1-40-16-15-17-41(2)77(106)91-68-72(104)64-63(65-74(45(6)71(64)103)116-82(10,76(65)105)113-33-29-56(111-11)42(3)73(114-48(9)94)44(5)70(102)43(4)69(40)101)67-75(68)115-57-36-53(35-55(95)66(57)90-67)92-30-26-52(27-31-92)88-81(110)112-39-50-20-22-51(23-21-50)87-78(107)47(8)86-80(109)54(34-49-18-13-12-14-19-49)89-79(108)46(7)85-60(98)38-84-59(97)37-83-58(96)28-32-93-61(99)24-25-62(93)100/h12-25,29,33,35-36,40,42-44,46-47,52,54,56,69-70,73,95,101-103H,26-28,30-32,34,37-39H2,1-11H3,(H,83,96)(H,84,97)(H,85,98)(H,86,109)(H,87,107)(H,88,110)(H,89,108)(H,91,106)/b16-15+,33-29+,41-17-/t40-,42+,43+,44+,46-,47-,54-,56-,69-,70+,73+,82-/m0/s1. The SMILES string of the molecule is CO[C@H]1/C=C/O[C@@]2(C)Oc3c(C)c(O)c4c(=O)c(c5oc6cc(N7CCC(NC(=O)OCc8ccc(NC(=O)[C@H](C)NC(=O)[C@H](Cc9ccccc9)NC(=O)[C@H](C)NC(=O)CNC(=O)CNC(=O)CCN9C(=O)C=CC9=O)cc8)CC7)cc(O)c6nc-5c4c3C2=O)NC(=O)/C(C)=C\C=C\[C@H](C)[C@H](O)[C@@H](C)[C@@H](O)[C@@H](C)[C@H](OC(C)=O)[C@@H]1C. The molecule has 5 heterocycles. The van der Waals surface area contributed by atoms with Gasteiger partial charge >= 0.3 is 17.8 Å². The average molecular weight is 1600 g/mol. The van der Waals surface area contributed by atoms with Gasteiger partial charge in [-0.05, 0) is 69.9 Å². The Morgan fingerprint density at radius 3 is 2.09 bits per heavy atom. The lowest BCUT2D eigenvalue weighted by molar-refractivity contribution is -0.160. The molecule has 1 saturated heterocycles. The van der Waals surface area contributed by atoms with Crippen molar-refractivity contribution < 1.29 is 106 Å². The average Bonchev–Trinajstić information content (AvgIpc) is 1.42. The number of hydrogen-bond acceptors (Lipinski definition) is 25. The Morgan fingerprint density at radius 1 is 0.759 bits per heavy atom. The first-order chi connectivity index (χ1) is 55.1. The number of aliphatic hydroxyl groups is 2. The van der Waals surface area contributed by atoms with E-state index in [0.717, 1.165) is 23.3 Å². The number of esters is 1. The van der Waals surface area contributed by atoms with Gasteiger partial charge in [0.25, 0.3) is 23.5 Å². The quantitative estimate of drug-likeness (QED) is 0.0188. The molecule has 34 nitrogen and oxygen atoms in total. The van der Waals surface area contributed by atoms with Gasteiger partial charge in [0.05, 0.1) is 48.6 Å². The number of imide groups is 1. The zero-order valence-electron chi connectivity index (χ0n) is 65.8. The molecule has 1 aliphatic carbocycles. The van der Waals surface area contributed by atoms with E-state index in [1.54, 1.807) is 94.4 Å². The number of phenols is 2. The number of piperidine rings is 1. The van der Waals surface area contributed by atoms with Crippen molar-refractivity contribution in [3.8, 4) is 28.7 Å². The molecule has 4 aromatic carbocycles. The number of ether oxygens (including phenoxy) is 5. The number of benzene rings is 5. The zero-order chi connectivity index (χ0) is 84.3. The number of aliphatic hydroxyl groups excluding tert-OH is 2. The summed E-state index contributed by atoms with van der Waals surface area (Å²) in [6, 6.07) is 14.1. The number of allylic oxidation sites excluding steroid dienone is 2. The Balaban J connectivity index is 0.766. The number of Topliss-reactive ketones (excluding diaryl/α,β-unsaturated/α-hetero) is 1. The van der Waals surface area contributed by atoms with Crippen molar-refractivity contribution in [2.45, 2.75) is 156 Å². The van der Waals surface area contributed by atoms with Crippen LogP contribution in [0.15, 0.2) is 124 Å². The van der Waals surface area contributed by atoms with Crippen LogP contribution in [0.1, 0.15) is 109 Å². The lowest BCUT2D eigenvalue weighted by Crippen LogP contribution is -2.56. The summed E-state index contributed by atoms with van der Waals surface area (Å²) in [6.45, 7) is 14.2. The summed E-state index contributed by atoms with van der Waals surface area (Å²) in [5.74, 6) is -14.2. The number of anilines is 3. The normalized spacial score (nSPS) is 23.1. The number of aromatic nitrogens is 1. The number of nitrogens with zero attached hydrogens (tertiary/aromatic N) is 3. The lowest BCUT2D eigenvalue weighted by atomic mass is 9.78. The van der Waals surface area contributed by atoms with Gasteiger partial charge < -0.3 is 96.0 Å². The number of carbonyl (C=O) groups excluding carboxylic acids is 12. The molecule has 10 rings (SSSR count). The fraction of sp³-hybridized carbons (Fsp3) is 0.415. The van der Waals surface area contributed by atoms with Gasteiger partial charge in [-0.25, -0.2) is 9.78 Å². The lowest BCUT2D eigenvalue weighted by Gasteiger charge is -2.38. The van der Waals surface area contributed by atoms with Crippen LogP contribution in [0.4, 0.5) is 21.9 Å². The third-order valence-corrected chi connectivity index (χ3v) is 21.0. The minimum absolute atomic E-state index is 0.00704. The summed E-state index contributed by atoms with van der Waals surface area (Å²) >= 11 is 0. The highest BCUT2D eigenvalue weighted by atomic mass is 16.7. The molecule has 4 bridgehead atoms. The minimum Gasteiger partial charge on any atom is -0.507 e. The van der Waals surface area contributed by atoms with E-state index in [1.165, 1.54) is 72.9 Å². The van der Waals surface area contributed by atoms with Gasteiger partial charge in [0.1, 0.15) is 65.0 Å². The number of ketones is 1. The van der Waals surface area contributed by atoms with Crippen LogP contribution in [-0.4, -0.2) is 196 Å². The summed E-state index contributed by atoms with van der Waals surface area (Å²) in [7, 11) is 1.40. The number of hydrogen-bond donors (Lipinski definition) is 12. The van der Waals surface area contributed by atoms with E-state index < -0.39 is 184 Å². The number of nitrogens with one attached hydrogen (secondary N) is 8. The number of fused-ring (bicyclic) bond motifs is 2. The molecule has 0 aromatic heterocycles. The molecule has 5 aliphatic heterocycles. The first-order valence-corrected chi connectivity index (χ1v) is 37.8. The van der Waals surface area contributed by atoms with Crippen LogP contribution in [0, 0.1) is 30.6 Å². The fourth-order valence-corrected chi connectivity index (χ4v) is 14.1. The Morgan fingerprint density at radius 2 is 1.42 bits per heavy atom. The summed E-state index contributed by atoms with van der Waals surface area (Å²) in [5, 5.41) is 67.2. The monoisotopic (exact) mass is 1600 g/mol. The van der Waals surface area contributed by atoms with Crippen LogP contribution in [0.2, 0.25) is 0 Å². The van der Waals surface area contributed by atoms with Gasteiger partial charge in [-0.1, -0.05) is 88.4 Å².